The molecular weight excluding hydrogens is 180 g/mol. The Balaban J connectivity index is 3.19. The van der Waals surface area contributed by atoms with Crippen LogP contribution in [0.3, 0.4) is 0 Å². The van der Waals surface area contributed by atoms with Crippen molar-refractivity contribution in [2.75, 3.05) is 0 Å². The Labute approximate surface area is 87.7 Å². The first-order valence-electron chi connectivity index (χ1n) is 5.36. The van der Waals surface area contributed by atoms with E-state index in [1.165, 1.54) is 32.1 Å². The highest BCUT2D eigenvalue weighted by atomic mass is 32.1. The third kappa shape index (κ3) is 9.81. The molecule has 0 fully saturated rings. The molecule has 0 aromatic heterocycles. The molecule has 1 nitrogen and oxygen atoms in total. The molecule has 2 heteroatoms. The van der Waals surface area contributed by atoms with Gasteiger partial charge in [-0.25, -0.2) is 0 Å². The summed E-state index contributed by atoms with van der Waals surface area (Å²) in [7, 11) is 0. The van der Waals surface area contributed by atoms with Crippen molar-refractivity contribution in [1.29, 1.82) is 0 Å². The molecule has 0 spiro atoms. The van der Waals surface area contributed by atoms with Crippen LogP contribution in [0.25, 0.3) is 0 Å². The zero-order chi connectivity index (χ0) is 10.1. The number of carbonyl (C=O) groups excluding carboxylic acids is 1. The van der Waals surface area contributed by atoms with E-state index in [0.717, 1.165) is 6.42 Å². The second kappa shape index (κ2) is 8.49. The molecule has 0 amide bonds. The highest BCUT2D eigenvalue weighted by molar-refractivity contribution is 7.96. The quantitative estimate of drug-likeness (QED) is 0.540. The van der Waals surface area contributed by atoms with Crippen molar-refractivity contribution in [1.82, 2.24) is 0 Å². The first kappa shape index (κ1) is 12.9. The van der Waals surface area contributed by atoms with Gasteiger partial charge in [-0.15, -0.1) is 0 Å². The zero-order valence-corrected chi connectivity index (χ0v) is 9.66. The van der Waals surface area contributed by atoms with Gasteiger partial charge in [0.05, 0.1) is 0 Å². The Kier molecular flexibility index (Phi) is 8.41. The SMILES string of the molecule is CCCCCCC(C)CCC(=O)[S]. The smallest absolute Gasteiger partial charge is 0.218 e. The van der Waals surface area contributed by atoms with Crippen LogP contribution in [0.1, 0.15) is 58.8 Å². The standard InChI is InChI=1S/C11H21OS/c1-3-4-5-6-7-10(2)8-9-11(12)13/h10H,3-9H2,1-2H3. The largest absolute Gasteiger partial charge is 0.282 e. The Bertz CT molecular complexity index is 134. The molecule has 1 radical (unpaired) electrons. The summed E-state index contributed by atoms with van der Waals surface area (Å²) in [4.78, 5) is 10.5. The summed E-state index contributed by atoms with van der Waals surface area (Å²) in [6.45, 7) is 4.43. The van der Waals surface area contributed by atoms with Crippen molar-refractivity contribution in [2.24, 2.45) is 5.92 Å². The highest BCUT2D eigenvalue weighted by Crippen LogP contribution is 2.15. The van der Waals surface area contributed by atoms with Crippen LogP contribution in [0.15, 0.2) is 0 Å². The molecule has 0 aromatic rings. The van der Waals surface area contributed by atoms with Gasteiger partial charge in [0.1, 0.15) is 0 Å². The van der Waals surface area contributed by atoms with Gasteiger partial charge in [-0.1, -0.05) is 46.0 Å². The van der Waals surface area contributed by atoms with Crippen LogP contribution in [0, 0.1) is 5.92 Å². The van der Waals surface area contributed by atoms with Crippen molar-refractivity contribution in [3.8, 4) is 0 Å². The van der Waals surface area contributed by atoms with E-state index in [-0.39, 0.29) is 5.12 Å². The summed E-state index contributed by atoms with van der Waals surface area (Å²) in [6.07, 6.45) is 8.09. The van der Waals surface area contributed by atoms with E-state index in [2.05, 4.69) is 26.5 Å². The summed E-state index contributed by atoms with van der Waals surface area (Å²) in [5, 5.41) is -0.0830. The number of carbonyl (C=O) groups is 1. The maximum atomic E-state index is 10.5. The molecule has 0 aliphatic heterocycles. The van der Waals surface area contributed by atoms with E-state index >= 15 is 0 Å². The van der Waals surface area contributed by atoms with Crippen molar-refractivity contribution in [3.05, 3.63) is 0 Å². The summed E-state index contributed by atoms with van der Waals surface area (Å²) in [5.74, 6) is 0.670. The third-order valence-electron chi connectivity index (χ3n) is 2.39. The van der Waals surface area contributed by atoms with E-state index in [0.29, 0.717) is 12.3 Å². The van der Waals surface area contributed by atoms with Crippen molar-refractivity contribution < 1.29 is 4.79 Å². The monoisotopic (exact) mass is 201 g/mol. The van der Waals surface area contributed by atoms with Gasteiger partial charge in [0.2, 0.25) is 5.12 Å². The minimum Gasteiger partial charge on any atom is -0.282 e. The van der Waals surface area contributed by atoms with Gasteiger partial charge in [-0.2, -0.15) is 0 Å². The lowest BCUT2D eigenvalue weighted by Gasteiger charge is -2.08. The lowest BCUT2D eigenvalue weighted by atomic mass is 9.98. The fourth-order valence-corrected chi connectivity index (χ4v) is 1.55. The van der Waals surface area contributed by atoms with E-state index < -0.39 is 0 Å². The highest BCUT2D eigenvalue weighted by Gasteiger charge is 2.04. The van der Waals surface area contributed by atoms with Crippen LogP contribution >= 0.6 is 12.6 Å². The van der Waals surface area contributed by atoms with Crippen molar-refractivity contribution >= 4 is 17.7 Å². The predicted molar refractivity (Wildman–Crippen MR) is 59.8 cm³/mol. The minimum atomic E-state index is -0.0830. The summed E-state index contributed by atoms with van der Waals surface area (Å²) in [5.41, 5.74) is 0. The molecule has 0 aliphatic rings. The van der Waals surface area contributed by atoms with Gasteiger partial charge < -0.3 is 0 Å². The van der Waals surface area contributed by atoms with Crippen LogP contribution in [0.4, 0.5) is 0 Å². The van der Waals surface area contributed by atoms with Crippen molar-refractivity contribution in [2.45, 2.75) is 58.8 Å². The average Bonchev–Trinajstić information content (AvgIpc) is 2.09. The fourth-order valence-electron chi connectivity index (χ4n) is 1.43. The van der Waals surface area contributed by atoms with Gasteiger partial charge in [-0.3, -0.25) is 4.79 Å². The second-order valence-corrected chi connectivity index (χ2v) is 4.32. The Morgan fingerprint density at radius 1 is 1.23 bits per heavy atom. The third-order valence-corrected chi connectivity index (χ3v) is 2.60. The summed E-state index contributed by atoms with van der Waals surface area (Å²) >= 11 is 4.51. The molecule has 0 rings (SSSR count). The van der Waals surface area contributed by atoms with E-state index in [1.54, 1.807) is 0 Å². The summed E-state index contributed by atoms with van der Waals surface area (Å²) < 4.78 is 0. The molecule has 13 heavy (non-hydrogen) atoms. The zero-order valence-electron chi connectivity index (χ0n) is 8.84. The van der Waals surface area contributed by atoms with Crippen LogP contribution in [-0.4, -0.2) is 5.12 Å². The van der Waals surface area contributed by atoms with Crippen molar-refractivity contribution in [3.63, 3.8) is 0 Å². The molecule has 0 aliphatic carbocycles. The van der Waals surface area contributed by atoms with Crippen LogP contribution < -0.4 is 0 Å². The average molecular weight is 201 g/mol. The summed E-state index contributed by atoms with van der Waals surface area (Å²) in [6, 6.07) is 0. The number of hydrogen-bond donors (Lipinski definition) is 0. The van der Waals surface area contributed by atoms with Crippen LogP contribution in [-0.2, 0) is 4.79 Å². The first-order valence-corrected chi connectivity index (χ1v) is 5.77. The Morgan fingerprint density at radius 3 is 2.46 bits per heavy atom. The normalized spacial score (nSPS) is 12.8. The fraction of sp³-hybridized carbons (Fsp3) is 0.909. The Morgan fingerprint density at radius 2 is 1.92 bits per heavy atom. The van der Waals surface area contributed by atoms with Gasteiger partial charge in [-0.05, 0) is 25.0 Å². The van der Waals surface area contributed by atoms with Crippen LogP contribution in [0.5, 0.6) is 0 Å². The molecule has 0 N–H and O–H groups in total. The van der Waals surface area contributed by atoms with Gasteiger partial charge in [0.15, 0.2) is 0 Å². The molecule has 0 saturated heterocycles. The molecule has 0 saturated carbocycles. The topological polar surface area (TPSA) is 17.1 Å². The molecule has 0 aromatic carbocycles. The van der Waals surface area contributed by atoms with E-state index in [1.807, 2.05) is 0 Å². The minimum absolute atomic E-state index is 0.0830. The van der Waals surface area contributed by atoms with Crippen LogP contribution in [0.2, 0.25) is 0 Å². The first-order chi connectivity index (χ1) is 6.16. The second-order valence-electron chi connectivity index (χ2n) is 3.87. The maximum Gasteiger partial charge on any atom is 0.218 e. The van der Waals surface area contributed by atoms with E-state index in [9.17, 15) is 4.79 Å². The van der Waals surface area contributed by atoms with Gasteiger partial charge in [0.25, 0.3) is 0 Å². The predicted octanol–water partition coefficient (Wildman–Crippen LogP) is 4.10. The lowest BCUT2D eigenvalue weighted by molar-refractivity contribution is -0.111. The van der Waals surface area contributed by atoms with Gasteiger partial charge >= 0.3 is 0 Å². The van der Waals surface area contributed by atoms with E-state index in [4.69, 9.17) is 0 Å². The number of unbranched alkanes of at least 4 members (excludes halogenated alkanes) is 3. The number of hydrogen-bond acceptors (Lipinski definition) is 1. The molecular formula is C11H21OS. The molecule has 77 valence electrons. The maximum absolute atomic E-state index is 10.5. The number of rotatable bonds is 8. The lowest BCUT2D eigenvalue weighted by Crippen LogP contribution is -1.97. The molecule has 0 heterocycles. The van der Waals surface area contributed by atoms with Gasteiger partial charge in [0, 0.05) is 6.42 Å². The molecule has 1 unspecified atom stereocenters. The molecule has 1 atom stereocenters. The molecule has 0 bridgehead atoms. The Hall–Kier alpha value is -0.110.